The highest BCUT2D eigenvalue weighted by molar-refractivity contribution is 5.85. The highest BCUT2D eigenvalue weighted by Crippen LogP contribution is 2.22. The summed E-state index contributed by atoms with van der Waals surface area (Å²) in [6, 6.07) is 28.2. The number of hydrogen-bond donors (Lipinski definition) is 3. The summed E-state index contributed by atoms with van der Waals surface area (Å²) in [6.07, 6.45) is 2.83. The van der Waals surface area contributed by atoms with E-state index in [2.05, 4.69) is 35.2 Å². The Kier molecular flexibility index (Phi) is 12.7. The lowest BCUT2D eigenvalue weighted by Crippen LogP contribution is -2.27. The second-order valence-electron chi connectivity index (χ2n) is 8.16. The SMILES string of the molecule is CC(Cc1cn(CC(=O)O)c2ccccc12)NCc1ccccc1.O=CO.O=COCc1ccccc1. The Bertz CT molecular complexity index is 1230. The molecule has 0 saturated heterocycles. The molecule has 0 saturated carbocycles. The number of nitrogens with zero attached hydrogens (tertiary/aromatic N) is 1. The third-order valence-electron chi connectivity index (χ3n) is 5.36. The quantitative estimate of drug-likeness (QED) is 0.272. The van der Waals surface area contributed by atoms with Gasteiger partial charge in [-0.15, -0.1) is 0 Å². The van der Waals surface area contributed by atoms with Gasteiger partial charge in [-0.05, 0) is 36.1 Å². The van der Waals surface area contributed by atoms with Gasteiger partial charge in [0.1, 0.15) is 13.2 Å². The van der Waals surface area contributed by atoms with Crippen molar-refractivity contribution < 1.29 is 29.3 Å². The molecule has 3 aromatic carbocycles. The van der Waals surface area contributed by atoms with Crippen LogP contribution in [-0.4, -0.2) is 39.7 Å². The van der Waals surface area contributed by atoms with E-state index in [1.807, 2.05) is 77.5 Å². The zero-order valence-electron chi connectivity index (χ0n) is 20.7. The van der Waals surface area contributed by atoms with Crippen LogP contribution in [-0.2, 0) is 45.2 Å². The average Bonchev–Trinajstić information content (AvgIpc) is 3.24. The number of nitrogens with one attached hydrogen (secondary N) is 1. The van der Waals surface area contributed by atoms with E-state index in [0.717, 1.165) is 29.4 Å². The van der Waals surface area contributed by atoms with Gasteiger partial charge in [0.2, 0.25) is 0 Å². The largest absolute Gasteiger partial charge is 0.483 e. The lowest BCUT2D eigenvalue weighted by atomic mass is 10.1. The third kappa shape index (κ3) is 10.4. The first-order chi connectivity index (χ1) is 18.0. The molecule has 8 heteroatoms. The first kappa shape index (κ1) is 28.8. The average molecular weight is 505 g/mol. The van der Waals surface area contributed by atoms with Gasteiger partial charge in [-0.2, -0.15) is 0 Å². The molecule has 1 unspecified atom stereocenters. The second-order valence-corrected chi connectivity index (χ2v) is 8.16. The summed E-state index contributed by atoms with van der Waals surface area (Å²) in [5.41, 5.74) is 4.43. The van der Waals surface area contributed by atoms with Gasteiger partial charge >= 0.3 is 5.97 Å². The van der Waals surface area contributed by atoms with Crippen molar-refractivity contribution in [2.75, 3.05) is 0 Å². The lowest BCUT2D eigenvalue weighted by Gasteiger charge is -2.13. The van der Waals surface area contributed by atoms with Crippen LogP contribution in [0.1, 0.15) is 23.6 Å². The molecule has 3 N–H and O–H groups in total. The van der Waals surface area contributed by atoms with E-state index in [1.165, 1.54) is 11.1 Å². The van der Waals surface area contributed by atoms with Gasteiger partial charge in [0.15, 0.2) is 0 Å². The van der Waals surface area contributed by atoms with Gasteiger partial charge in [-0.3, -0.25) is 14.4 Å². The van der Waals surface area contributed by atoms with Crippen molar-refractivity contribution in [3.8, 4) is 0 Å². The molecule has 0 aliphatic rings. The van der Waals surface area contributed by atoms with Crippen LogP contribution in [0.25, 0.3) is 10.9 Å². The number of benzene rings is 3. The molecule has 0 spiro atoms. The molecule has 4 rings (SSSR count). The number of carbonyl (C=O) groups is 3. The van der Waals surface area contributed by atoms with Gasteiger partial charge in [0.05, 0.1) is 0 Å². The van der Waals surface area contributed by atoms with Gasteiger partial charge in [-0.25, -0.2) is 0 Å². The number of carboxylic acid groups (broad SMARTS) is 2. The van der Waals surface area contributed by atoms with Gasteiger partial charge < -0.3 is 24.8 Å². The van der Waals surface area contributed by atoms with Crippen LogP contribution >= 0.6 is 0 Å². The van der Waals surface area contributed by atoms with E-state index < -0.39 is 5.97 Å². The topological polar surface area (TPSA) is 118 Å². The first-order valence-corrected chi connectivity index (χ1v) is 11.7. The minimum Gasteiger partial charge on any atom is -0.483 e. The summed E-state index contributed by atoms with van der Waals surface area (Å²) in [5, 5.41) is 20.7. The number of para-hydroxylation sites is 1. The van der Waals surface area contributed by atoms with E-state index in [4.69, 9.17) is 15.0 Å². The molecule has 0 bridgehead atoms. The summed E-state index contributed by atoms with van der Waals surface area (Å²) < 4.78 is 6.36. The minimum atomic E-state index is -0.822. The Labute approximate surface area is 216 Å². The predicted molar refractivity (Wildman–Crippen MR) is 142 cm³/mol. The van der Waals surface area contributed by atoms with Crippen molar-refractivity contribution in [1.29, 1.82) is 0 Å². The van der Waals surface area contributed by atoms with Crippen LogP contribution in [0.2, 0.25) is 0 Å². The highest BCUT2D eigenvalue weighted by Gasteiger charge is 2.12. The number of fused-ring (bicyclic) bond motifs is 1. The van der Waals surface area contributed by atoms with Crippen LogP contribution in [0.15, 0.2) is 91.1 Å². The number of ether oxygens (including phenoxy) is 1. The number of hydrogen-bond acceptors (Lipinski definition) is 5. The molecule has 0 radical (unpaired) electrons. The number of aliphatic carboxylic acids is 1. The highest BCUT2D eigenvalue weighted by atomic mass is 16.5. The predicted octanol–water partition coefficient (Wildman–Crippen LogP) is 4.51. The number of carbonyl (C=O) groups excluding carboxylic acids is 1. The maximum absolute atomic E-state index is 11.1. The van der Waals surface area contributed by atoms with Crippen molar-refractivity contribution >= 4 is 29.8 Å². The molecule has 194 valence electrons. The monoisotopic (exact) mass is 504 g/mol. The molecular formula is C29H32N2O6. The fourth-order valence-corrected chi connectivity index (χ4v) is 3.76. The zero-order chi connectivity index (χ0) is 26.9. The van der Waals surface area contributed by atoms with E-state index in [1.54, 1.807) is 0 Å². The van der Waals surface area contributed by atoms with Gasteiger partial charge in [-0.1, -0.05) is 78.9 Å². The summed E-state index contributed by atoms with van der Waals surface area (Å²) in [6.45, 7) is 3.55. The lowest BCUT2D eigenvalue weighted by molar-refractivity contribution is -0.137. The molecule has 0 aliphatic heterocycles. The summed E-state index contributed by atoms with van der Waals surface area (Å²) in [7, 11) is 0. The molecule has 1 aromatic heterocycles. The Balaban J connectivity index is 0.000000308. The molecule has 4 aromatic rings. The number of rotatable bonds is 10. The van der Waals surface area contributed by atoms with Crippen molar-refractivity contribution in [3.63, 3.8) is 0 Å². The summed E-state index contributed by atoms with van der Waals surface area (Å²) in [4.78, 5) is 29.2. The van der Waals surface area contributed by atoms with Crippen LogP contribution < -0.4 is 5.32 Å². The Morgan fingerprint density at radius 1 is 0.946 bits per heavy atom. The van der Waals surface area contributed by atoms with Crippen LogP contribution in [0.5, 0.6) is 0 Å². The maximum Gasteiger partial charge on any atom is 0.323 e. The normalized spacial score (nSPS) is 10.7. The van der Waals surface area contributed by atoms with Crippen LogP contribution in [0.4, 0.5) is 0 Å². The Morgan fingerprint density at radius 3 is 2.11 bits per heavy atom. The van der Waals surface area contributed by atoms with Crippen molar-refractivity contribution in [1.82, 2.24) is 9.88 Å². The molecular weight excluding hydrogens is 472 g/mol. The summed E-state index contributed by atoms with van der Waals surface area (Å²) in [5.74, 6) is -0.822. The van der Waals surface area contributed by atoms with Gasteiger partial charge in [0.25, 0.3) is 12.9 Å². The van der Waals surface area contributed by atoms with Crippen molar-refractivity contribution in [2.45, 2.75) is 39.1 Å². The standard InChI is InChI=1S/C20H22N2O2.C8H8O2.CH2O2/c1-15(21-12-16-7-3-2-4-8-16)11-17-13-22(14-20(23)24)19-10-6-5-9-18(17)19;9-7-10-6-8-4-2-1-3-5-8;2-1-3/h2-10,13,15,21H,11-12,14H2,1H3,(H,23,24);1-5,7H,6H2;1H,(H,2,3). The zero-order valence-corrected chi connectivity index (χ0v) is 20.7. The molecule has 37 heavy (non-hydrogen) atoms. The van der Waals surface area contributed by atoms with E-state index >= 15 is 0 Å². The maximum atomic E-state index is 11.1. The van der Waals surface area contributed by atoms with Crippen molar-refractivity contribution in [2.24, 2.45) is 0 Å². The molecule has 1 heterocycles. The smallest absolute Gasteiger partial charge is 0.323 e. The fraction of sp³-hybridized carbons (Fsp3) is 0.207. The van der Waals surface area contributed by atoms with Crippen LogP contribution in [0, 0.1) is 0 Å². The van der Waals surface area contributed by atoms with E-state index in [9.17, 15) is 9.59 Å². The molecule has 1 atom stereocenters. The fourth-order valence-electron chi connectivity index (χ4n) is 3.76. The van der Waals surface area contributed by atoms with Crippen LogP contribution in [0.3, 0.4) is 0 Å². The van der Waals surface area contributed by atoms with E-state index in [0.29, 0.717) is 19.1 Å². The molecule has 0 aliphatic carbocycles. The Hall–Kier alpha value is -4.43. The number of carboxylic acids is 1. The summed E-state index contributed by atoms with van der Waals surface area (Å²) >= 11 is 0. The minimum absolute atomic E-state index is 0.00760. The third-order valence-corrected chi connectivity index (χ3v) is 5.36. The first-order valence-electron chi connectivity index (χ1n) is 11.7. The molecule has 0 amide bonds. The van der Waals surface area contributed by atoms with Crippen molar-refractivity contribution in [3.05, 3.63) is 108 Å². The Morgan fingerprint density at radius 2 is 1.51 bits per heavy atom. The molecule has 8 nitrogen and oxygen atoms in total. The molecule has 0 fully saturated rings. The second kappa shape index (κ2) is 16.3. The number of aromatic nitrogens is 1. The van der Waals surface area contributed by atoms with E-state index in [-0.39, 0.29) is 13.0 Å². The van der Waals surface area contributed by atoms with Gasteiger partial charge in [0, 0.05) is 29.7 Å².